The van der Waals surface area contributed by atoms with Crippen LogP contribution in [0.3, 0.4) is 0 Å². The fraction of sp³-hybridized carbons (Fsp3) is 0.214. The summed E-state index contributed by atoms with van der Waals surface area (Å²) in [6.45, 7) is 3.49. The molecule has 5 rings (SSSR count). The molecule has 5 nitrogen and oxygen atoms in total. The highest BCUT2D eigenvalue weighted by Gasteiger charge is 2.22. The van der Waals surface area contributed by atoms with Crippen LogP contribution in [0.1, 0.15) is 35.0 Å². The van der Waals surface area contributed by atoms with Gasteiger partial charge in [-0.25, -0.2) is 9.37 Å². The van der Waals surface area contributed by atoms with Crippen LogP contribution in [0, 0.1) is 17.1 Å². The molecular formula is C28H25FN4O. The van der Waals surface area contributed by atoms with Gasteiger partial charge >= 0.3 is 0 Å². The van der Waals surface area contributed by atoms with Crippen molar-refractivity contribution < 1.29 is 9.13 Å². The molecule has 0 saturated heterocycles. The number of ether oxygens (including phenoxy) is 1. The van der Waals surface area contributed by atoms with Crippen molar-refractivity contribution in [3.8, 4) is 11.8 Å². The number of rotatable bonds is 4. The first-order chi connectivity index (χ1) is 16.4. The maximum atomic E-state index is 13.9. The first-order valence-corrected chi connectivity index (χ1v) is 11.2. The summed E-state index contributed by atoms with van der Waals surface area (Å²) in [5.74, 6) is 1.09. The molecule has 0 spiro atoms. The summed E-state index contributed by atoms with van der Waals surface area (Å²) in [6, 6.07) is 21.2. The minimum absolute atomic E-state index is 0.303. The molecule has 6 heteroatoms. The van der Waals surface area contributed by atoms with Gasteiger partial charge in [-0.15, -0.1) is 0 Å². The number of hydrogen-bond acceptors (Lipinski definition) is 4. The lowest BCUT2D eigenvalue weighted by Gasteiger charge is -2.15. The molecule has 0 bridgehead atoms. The number of para-hydroxylation sites is 2. The molecule has 1 aliphatic rings. The van der Waals surface area contributed by atoms with E-state index in [2.05, 4.69) is 33.7 Å². The summed E-state index contributed by atoms with van der Waals surface area (Å²) < 4.78 is 22.2. The van der Waals surface area contributed by atoms with Gasteiger partial charge in [0.25, 0.3) is 0 Å². The fourth-order valence-corrected chi connectivity index (χ4v) is 4.58. The Labute approximate surface area is 198 Å². The third kappa shape index (κ3) is 3.95. The van der Waals surface area contributed by atoms with Crippen LogP contribution < -0.4 is 4.74 Å². The topological polar surface area (TPSA) is 54.1 Å². The predicted octanol–water partition coefficient (Wildman–Crippen LogP) is 5.52. The second kappa shape index (κ2) is 8.77. The molecule has 1 aliphatic heterocycles. The second-order valence-electron chi connectivity index (χ2n) is 8.87. The number of halogens is 1. The minimum Gasteiger partial charge on any atom is -0.488 e. The number of aromatic nitrogens is 2. The molecule has 3 aromatic carbocycles. The van der Waals surface area contributed by atoms with Gasteiger partial charge in [0.15, 0.2) is 0 Å². The molecule has 170 valence electrons. The molecule has 0 amide bonds. The molecule has 0 fully saturated rings. The van der Waals surface area contributed by atoms with E-state index in [1.807, 2.05) is 38.4 Å². The van der Waals surface area contributed by atoms with Gasteiger partial charge in [0.2, 0.25) is 0 Å². The Hall–Kier alpha value is -3.95. The smallest absolute Gasteiger partial charge is 0.130 e. The van der Waals surface area contributed by atoms with E-state index in [1.165, 1.54) is 12.1 Å². The largest absolute Gasteiger partial charge is 0.488 e. The average molecular weight is 453 g/mol. The van der Waals surface area contributed by atoms with E-state index in [0.717, 1.165) is 51.2 Å². The summed E-state index contributed by atoms with van der Waals surface area (Å²) in [6.07, 6.45) is 0. The highest BCUT2D eigenvalue weighted by molar-refractivity contribution is 5.88. The number of nitriles is 1. The Balaban J connectivity index is 1.59. The van der Waals surface area contributed by atoms with E-state index in [-0.39, 0.29) is 5.82 Å². The van der Waals surface area contributed by atoms with E-state index in [9.17, 15) is 9.65 Å². The van der Waals surface area contributed by atoms with E-state index in [4.69, 9.17) is 9.72 Å². The number of fused-ring (bicyclic) bond motifs is 3. The summed E-state index contributed by atoms with van der Waals surface area (Å²) in [5.41, 5.74) is 7.19. The Bertz CT molecular complexity index is 1480. The number of nitrogens with zero attached hydrogens (tertiary/aromatic N) is 4. The van der Waals surface area contributed by atoms with Crippen molar-refractivity contribution in [1.29, 1.82) is 5.26 Å². The molecule has 0 saturated carbocycles. The molecule has 1 aromatic heterocycles. The summed E-state index contributed by atoms with van der Waals surface area (Å²) >= 11 is 0. The van der Waals surface area contributed by atoms with Crippen molar-refractivity contribution >= 4 is 16.6 Å². The molecule has 0 unspecified atom stereocenters. The zero-order valence-electron chi connectivity index (χ0n) is 19.5. The van der Waals surface area contributed by atoms with Crippen molar-refractivity contribution in [2.24, 2.45) is 0 Å². The van der Waals surface area contributed by atoms with Gasteiger partial charge in [0.05, 0.1) is 23.6 Å². The van der Waals surface area contributed by atoms with Gasteiger partial charge in [-0.05, 0) is 68.0 Å². The van der Waals surface area contributed by atoms with E-state index >= 15 is 0 Å². The van der Waals surface area contributed by atoms with Crippen LogP contribution in [-0.4, -0.2) is 28.5 Å². The van der Waals surface area contributed by atoms with Gasteiger partial charge in [-0.2, -0.15) is 5.26 Å². The first kappa shape index (κ1) is 21.9. The van der Waals surface area contributed by atoms with Crippen LogP contribution in [0.2, 0.25) is 0 Å². The second-order valence-corrected chi connectivity index (χ2v) is 8.87. The molecular weight excluding hydrogens is 427 g/mol. The van der Waals surface area contributed by atoms with Crippen LogP contribution in [0.5, 0.6) is 5.75 Å². The average Bonchev–Trinajstić information content (AvgIpc) is 3.06. The molecule has 0 N–H and O–H groups in total. The van der Waals surface area contributed by atoms with Crippen LogP contribution >= 0.6 is 0 Å². The monoisotopic (exact) mass is 452 g/mol. The highest BCUT2D eigenvalue weighted by atomic mass is 19.1. The van der Waals surface area contributed by atoms with Crippen LogP contribution in [0.25, 0.3) is 16.6 Å². The summed E-state index contributed by atoms with van der Waals surface area (Å²) in [7, 11) is 4.07. The van der Waals surface area contributed by atoms with Crippen molar-refractivity contribution in [2.45, 2.75) is 26.6 Å². The van der Waals surface area contributed by atoms with Gasteiger partial charge in [0.1, 0.15) is 24.0 Å². The number of hydrogen-bond donors (Lipinski definition) is 0. The van der Waals surface area contributed by atoms with E-state index in [1.54, 1.807) is 13.0 Å². The van der Waals surface area contributed by atoms with E-state index in [0.29, 0.717) is 24.5 Å². The predicted molar refractivity (Wildman–Crippen MR) is 131 cm³/mol. The third-order valence-electron chi connectivity index (χ3n) is 6.11. The fourth-order valence-electron chi connectivity index (χ4n) is 4.58. The maximum Gasteiger partial charge on any atom is 0.130 e. The van der Waals surface area contributed by atoms with Crippen LogP contribution in [0.4, 0.5) is 4.39 Å². The standard InChI is InChI=1S/C28H25FN4O/c1-18(14-30)28-22-10-8-19(12-20(22)17-34-26-13-21(29)9-11-23(26)28)15-33-25-7-5-4-6-24(25)31-27(33)16-32(2)3/h4-13H,15-17H2,1-3H3/b28-18-. The summed E-state index contributed by atoms with van der Waals surface area (Å²) in [4.78, 5) is 6.96. The Morgan fingerprint density at radius 2 is 1.91 bits per heavy atom. The normalized spacial score (nSPS) is 14.2. The van der Waals surface area contributed by atoms with Gasteiger partial charge in [-0.3, -0.25) is 0 Å². The zero-order chi connectivity index (χ0) is 23.8. The molecule has 4 aromatic rings. The quantitative estimate of drug-likeness (QED) is 0.383. The number of allylic oxidation sites excluding steroid dienone is 1. The molecule has 0 aliphatic carbocycles. The van der Waals surface area contributed by atoms with E-state index < -0.39 is 0 Å². The lowest BCUT2D eigenvalue weighted by molar-refractivity contribution is 0.305. The van der Waals surface area contributed by atoms with Crippen molar-refractivity contribution in [3.05, 3.63) is 100 Å². The van der Waals surface area contributed by atoms with Crippen molar-refractivity contribution in [3.63, 3.8) is 0 Å². The third-order valence-corrected chi connectivity index (χ3v) is 6.11. The van der Waals surface area contributed by atoms with Crippen molar-refractivity contribution in [1.82, 2.24) is 14.5 Å². The molecule has 34 heavy (non-hydrogen) atoms. The number of benzene rings is 3. The van der Waals surface area contributed by atoms with Crippen LogP contribution in [0.15, 0.2) is 66.2 Å². The zero-order valence-corrected chi connectivity index (χ0v) is 19.5. The highest BCUT2D eigenvalue weighted by Crippen LogP contribution is 2.39. The molecule has 2 heterocycles. The van der Waals surface area contributed by atoms with Crippen LogP contribution in [-0.2, 0) is 19.7 Å². The Morgan fingerprint density at radius 3 is 2.71 bits per heavy atom. The maximum absolute atomic E-state index is 13.9. The molecule has 0 atom stereocenters. The van der Waals surface area contributed by atoms with Gasteiger partial charge in [0, 0.05) is 29.3 Å². The van der Waals surface area contributed by atoms with Crippen molar-refractivity contribution in [2.75, 3.05) is 14.1 Å². The SMILES string of the molecule is C/C(C#N)=C1\c2ccc(Cn3c(CN(C)C)nc4ccccc43)cc2COc2cc(F)ccc21. The lowest BCUT2D eigenvalue weighted by atomic mass is 9.90. The Morgan fingerprint density at radius 1 is 1.12 bits per heavy atom. The first-order valence-electron chi connectivity index (χ1n) is 11.2. The minimum atomic E-state index is -0.361. The van der Waals surface area contributed by atoms with Gasteiger partial charge in [-0.1, -0.05) is 24.3 Å². The molecule has 0 radical (unpaired) electrons. The Kier molecular flexibility index (Phi) is 5.64. The number of imidazole rings is 1. The lowest BCUT2D eigenvalue weighted by Crippen LogP contribution is -2.16. The van der Waals surface area contributed by atoms with Gasteiger partial charge < -0.3 is 14.2 Å². The summed E-state index contributed by atoms with van der Waals surface area (Å²) in [5, 5.41) is 9.68.